The number of carboxylic acids is 1. The van der Waals surface area contributed by atoms with Crippen LogP contribution < -0.4 is 0 Å². The molecule has 3 amide bonds. The maximum Gasteiger partial charge on any atom is 0.417 e. The van der Waals surface area contributed by atoms with Crippen molar-refractivity contribution in [1.29, 1.82) is 0 Å². The second-order valence-electron chi connectivity index (χ2n) is 6.94. The van der Waals surface area contributed by atoms with Crippen molar-refractivity contribution in [3.8, 4) is 0 Å². The summed E-state index contributed by atoms with van der Waals surface area (Å²) in [6.45, 7) is -0.0439. The molecule has 158 valence electrons. The van der Waals surface area contributed by atoms with Crippen LogP contribution in [-0.4, -0.2) is 67.9 Å². The summed E-state index contributed by atoms with van der Waals surface area (Å²) in [6, 6.07) is 6.64. The minimum atomic E-state index is -1.21. The largest absolute Gasteiger partial charge is 0.480 e. The minimum Gasteiger partial charge on any atom is -0.480 e. The molecule has 2 atom stereocenters. The van der Waals surface area contributed by atoms with E-state index >= 15 is 0 Å². The van der Waals surface area contributed by atoms with Crippen molar-refractivity contribution in [2.45, 2.75) is 38.0 Å². The minimum absolute atomic E-state index is 0.00295. The van der Waals surface area contributed by atoms with Crippen LogP contribution in [0.4, 0.5) is 4.79 Å². The molecule has 1 aliphatic heterocycles. The zero-order chi connectivity index (χ0) is 21.7. The van der Waals surface area contributed by atoms with Crippen LogP contribution in [0.2, 0.25) is 0 Å². The molecule has 2 aromatic rings. The predicted molar refractivity (Wildman–Crippen MR) is 103 cm³/mol. The molecule has 0 radical (unpaired) electrons. The van der Waals surface area contributed by atoms with E-state index < -0.39 is 36.0 Å². The van der Waals surface area contributed by atoms with Crippen molar-refractivity contribution in [2.75, 3.05) is 7.05 Å². The van der Waals surface area contributed by atoms with E-state index in [4.69, 9.17) is 4.74 Å². The van der Waals surface area contributed by atoms with E-state index in [1.54, 1.807) is 24.3 Å². The average Bonchev–Trinajstić information content (AvgIpc) is 3.39. The molecule has 2 N–H and O–H groups in total. The van der Waals surface area contributed by atoms with Crippen LogP contribution >= 0.6 is 0 Å². The molecule has 0 spiro atoms. The number of nitrogens with zero attached hydrogens (tertiary/aromatic N) is 3. The SMILES string of the molecule is CN(C(=O)[C@@H]1CCC(=O)N1C(=O)OCc1ccccc1)[C@@H](Cc1cnc[nH]1)C(=O)O. The number of imide groups is 1. The van der Waals surface area contributed by atoms with Gasteiger partial charge in [-0.25, -0.2) is 19.5 Å². The van der Waals surface area contributed by atoms with Gasteiger partial charge in [0.25, 0.3) is 0 Å². The van der Waals surface area contributed by atoms with Crippen LogP contribution in [0.25, 0.3) is 0 Å². The Bertz CT molecular complexity index is 915. The summed E-state index contributed by atoms with van der Waals surface area (Å²) in [5.41, 5.74) is 1.28. The van der Waals surface area contributed by atoms with E-state index in [-0.39, 0.29) is 25.9 Å². The van der Waals surface area contributed by atoms with Gasteiger partial charge in [-0.1, -0.05) is 30.3 Å². The number of aliphatic carboxylic acids is 1. The van der Waals surface area contributed by atoms with E-state index in [1.165, 1.54) is 19.6 Å². The number of carbonyl (C=O) groups excluding carboxylic acids is 3. The van der Waals surface area contributed by atoms with Crippen molar-refractivity contribution in [3.05, 3.63) is 54.1 Å². The Hall–Kier alpha value is -3.69. The molecule has 1 fully saturated rings. The third kappa shape index (κ3) is 4.65. The number of aromatic amines is 1. The zero-order valence-electron chi connectivity index (χ0n) is 16.4. The number of rotatable bonds is 7. The molecular formula is C20H22N4O6. The molecule has 0 saturated carbocycles. The number of hydrogen-bond donors (Lipinski definition) is 2. The first-order valence-electron chi connectivity index (χ1n) is 9.38. The van der Waals surface area contributed by atoms with Crippen molar-refractivity contribution in [1.82, 2.24) is 19.8 Å². The quantitative estimate of drug-likeness (QED) is 0.695. The van der Waals surface area contributed by atoms with Crippen LogP contribution in [0, 0.1) is 0 Å². The topological polar surface area (TPSA) is 133 Å². The molecule has 1 aliphatic rings. The van der Waals surface area contributed by atoms with Crippen LogP contribution in [-0.2, 0) is 32.1 Å². The summed E-state index contributed by atoms with van der Waals surface area (Å²) in [4.78, 5) is 57.9. The van der Waals surface area contributed by atoms with Gasteiger partial charge in [0.1, 0.15) is 18.7 Å². The number of carbonyl (C=O) groups is 4. The molecule has 1 saturated heterocycles. The Kier molecular flexibility index (Phi) is 6.45. The highest BCUT2D eigenvalue weighted by molar-refractivity contribution is 6.01. The second kappa shape index (κ2) is 9.21. The lowest BCUT2D eigenvalue weighted by atomic mass is 10.1. The Morgan fingerprint density at radius 2 is 2.07 bits per heavy atom. The van der Waals surface area contributed by atoms with Crippen molar-refractivity contribution >= 4 is 23.9 Å². The van der Waals surface area contributed by atoms with Gasteiger partial charge >= 0.3 is 12.1 Å². The standard InChI is InChI=1S/C20H22N4O6/c1-23(16(19(27)28)9-14-10-21-12-22-14)18(26)15-7-8-17(25)24(15)20(29)30-11-13-5-3-2-4-6-13/h2-6,10,12,15-16H,7-9,11H2,1H3,(H,21,22)(H,27,28)/t15-,16-/m0/s1. The molecule has 2 heterocycles. The third-order valence-electron chi connectivity index (χ3n) is 4.97. The number of hydrogen-bond acceptors (Lipinski definition) is 6. The molecule has 10 heteroatoms. The predicted octanol–water partition coefficient (Wildman–Crippen LogP) is 1.19. The molecule has 0 aliphatic carbocycles. The first-order valence-corrected chi connectivity index (χ1v) is 9.38. The van der Waals surface area contributed by atoms with Gasteiger partial charge in [-0.2, -0.15) is 0 Å². The van der Waals surface area contributed by atoms with Crippen molar-refractivity contribution < 1.29 is 29.0 Å². The Labute approximate surface area is 172 Å². The first-order chi connectivity index (χ1) is 14.4. The summed E-state index contributed by atoms with van der Waals surface area (Å²) in [5, 5.41) is 9.57. The van der Waals surface area contributed by atoms with Crippen molar-refractivity contribution in [2.24, 2.45) is 0 Å². The first kappa shape index (κ1) is 21.0. The van der Waals surface area contributed by atoms with Crippen LogP contribution in [0.5, 0.6) is 0 Å². The third-order valence-corrected chi connectivity index (χ3v) is 4.97. The van der Waals surface area contributed by atoms with Gasteiger partial charge in [0.2, 0.25) is 11.8 Å². The van der Waals surface area contributed by atoms with E-state index in [0.29, 0.717) is 5.69 Å². The molecule has 1 aromatic carbocycles. The smallest absolute Gasteiger partial charge is 0.417 e. The summed E-state index contributed by atoms with van der Waals surface area (Å²) in [7, 11) is 1.34. The maximum absolute atomic E-state index is 13.0. The fraction of sp³-hybridized carbons (Fsp3) is 0.350. The molecule has 10 nitrogen and oxygen atoms in total. The molecule has 1 aromatic heterocycles. The summed E-state index contributed by atoms with van der Waals surface area (Å²) >= 11 is 0. The number of amides is 3. The van der Waals surface area contributed by atoms with Gasteiger partial charge in [0.05, 0.1) is 6.33 Å². The monoisotopic (exact) mass is 414 g/mol. The van der Waals surface area contributed by atoms with Crippen LogP contribution in [0.15, 0.2) is 42.9 Å². The summed E-state index contributed by atoms with van der Waals surface area (Å²) in [6.07, 6.45) is 2.09. The number of likely N-dealkylation sites (tertiary alicyclic amines) is 1. The van der Waals surface area contributed by atoms with Crippen molar-refractivity contribution in [3.63, 3.8) is 0 Å². The molecule has 3 rings (SSSR count). The Morgan fingerprint density at radius 1 is 1.33 bits per heavy atom. The maximum atomic E-state index is 13.0. The second-order valence-corrected chi connectivity index (χ2v) is 6.94. The number of carboxylic acid groups (broad SMARTS) is 1. The lowest BCUT2D eigenvalue weighted by Crippen LogP contribution is -2.53. The normalized spacial score (nSPS) is 16.9. The molecule has 0 unspecified atom stereocenters. The highest BCUT2D eigenvalue weighted by Gasteiger charge is 2.44. The lowest BCUT2D eigenvalue weighted by molar-refractivity contribution is -0.151. The summed E-state index contributed by atoms with van der Waals surface area (Å²) < 4.78 is 5.20. The van der Waals surface area contributed by atoms with Gasteiger partial charge in [-0.05, 0) is 12.0 Å². The van der Waals surface area contributed by atoms with Gasteiger partial charge in [0.15, 0.2) is 0 Å². The van der Waals surface area contributed by atoms with E-state index in [1.807, 2.05) is 6.07 Å². The molecule has 0 bridgehead atoms. The molecular weight excluding hydrogens is 392 g/mol. The Balaban J connectivity index is 1.70. The number of aromatic nitrogens is 2. The summed E-state index contributed by atoms with van der Waals surface area (Å²) in [5.74, 6) is -2.37. The number of likely N-dealkylation sites (N-methyl/N-ethyl adjacent to an activating group) is 1. The zero-order valence-corrected chi connectivity index (χ0v) is 16.4. The van der Waals surface area contributed by atoms with Gasteiger partial charge in [-0.15, -0.1) is 0 Å². The van der Waals surface area contributed by atoms with E-state index in [2.05, 4.69) is 9.97 Å². The Morgan fingerprint density at radius 3 is 2.70 bits per heavy atom. The number of nitrogens with one attached hydrogen (secondary N) is 1. The highest BCUT2D eigenvalue weighted by atomic mass is 16.6. The fourth-order valence-corrected chi connectivity index (χ4v) is 3.32. The van der Waals surface area contributed by atoms with Gasteiger partial charge < -0.3 is 19.7 Å². The van der Waals surface area contributed by atoms with Gasteiger partial charge in [-0.3, -0.25) is 9.59 Å². The highest BCUT2D eigenvalue weighted by Crippen LogP contribution is 2.23. The number of benzene rings is 1. The average molecular weight is 414 g/mol. The number of ether oxygens (including phenoxy) is 1. The fourth-order valence-electron chi connectivity index (χ4n) is 3.32. The van der Waals surface area contributed by atoms with Crippen LogP contribution in [0.3, 0.4) is 0 Å². The number of imidazole rings is 1. The van der Waals surface area contributed by atoms with E-state index in [9.17, 15) is 24.3 Å². The van der Waals surface area contributed by atoms with Crippen LogP contribution in [0.1, 0.15) is 24.1 Å². The number of H-pyrrole nitrogens is 1. The molecule has 30 heavy (non-hydrogen) atoms. The van der Waals surface area contributed by atoms with E-state index in [0.717, 1.165) is 15.4 Å². The lowest BCUT2D eigenvalue weighted by Gasteiger charge is -2.30. The van der Waals surface area contributed by atoms with Gasteiger partial charge in [0, 0.05) is 31.8 Å².